The molecule has 2 amide bonds. The highest BCUT2D eigenvalue weighted by molar-refractivity contribution is 5.80. The molecule has 3 atom stereocenters. The van der Waals surface area contributed by atoms with Gasteiger partial charge in [0, 0.05) is 19.0 Å². The van der Waals surface area contributed by atoms with Crippen molar-refractivity contribution in [2.75, 3.05) is 13.2 Å². The highest BCUT2D eigenvalue weighted by atomic mass is 16.5. The Morgan fingerprint density at radius 1 is 1.20 bits per heavy atom. The highest BCUT2D eigenvalue weighted by Crippen LogP contribution is 2.49. The van der Waals surface area contributed by atoms with Crippen LogP contribution in [0.15, 0.2) is 24.3 Å². The van der Waals surface area contributed by atoms with Gasteiger partial charge in [-0.2, -0.15) is 0 Å². The molecule has 0 unspecified atom stereocenters. The Labute approximate surface area is 149 Å². The zero-order valence-electron chi connectivity index (χ0n) is 14.9. The van der Waals surface area contributed by atoms with Crippen molar-refractivity contribution in [1.82, 2.24) is 10.6 Å². The van der Waals surface area contributed by atoms with Crippen LogP contribution in [0.1, 0.15) is 44.6 Å². The third kappa shape index (κ3) is 4.53. The van der Waals surface area contributed by atoms with Crippen molar-refractivity contribution in [2.45, 2.75) is 45.6 Å². The molecule has 5 heteroatoms. The summed E-state index contributed by atoms with van der Waals surface area (Å²) in [5.41, 5.74) is 0.987. The number of rotatable bonds is 7. The lowest BCUT2D eigenvalue weighted by Gasteiger charge is -2.47. The number of hydrogen-bond acceptors (Lipinski definition) is 3. The Balaban J connectivity index is 1.46. The summed E-state index contributed by atoms with van der Waals surface area (Å²) in [7, 11) is 0. The Kier molecular flexibility index (Phi) is 5.95. The van der Waals surface area contributed by atoms with E-state index in [4.69, 9.17) is 4.74 Å². The van der Waals surface area contributed by atoms with Gasteiger partial charge in [0.2, 0.25) is 5.91 Å². The Bertz CT molecular complexity index is 617. The summed E-state index contributed by atoms with van der Waals surface area (Å²) in [4.78, 5) is 23.9. The maximum atomic E-state index is 12.4. The van der Waals surface area contributed by atoms with Crippen molar-refractivity contribution >= 4 is 11.8 Å². The molecule has 0 spiro atoms. The van der Waals surface area contributed by atoms with Crippen LogP contribution in [0, 0.1) is 17.8 Å². The van der Waals surface area contributed by atoms with Crippen molar-refractivity contribution < 1.29 is 14.3 Å². The van der Waals surface area contributed by atoms with Gasteiger partial charge in [-0.1, -0.05) is 31.4 Å². The fourth-order valence-electron chi connectivity index (χ4n) is 4.13. The van der Waals surface area contributed by atoms with Gasteiger partial charge >= 0.3 is 0 Å². The van der Waals surface area contributed by atoms with Crippen LogP contribution in [-0.4, -0.2) is 25.0 Å². The van der Waals surface area contributed by atoms with Crippen LogP contribution >= 0.6 is 0 Å². The zero-order chi connectivity index (χ0) is 17.6. The van der Waals surface area contributed by atoms with Crippen molar-refractivity contribution in [2.24, 2.45) is 17.8 Å². The van der Waals surface area contributed by atoms with E-state index >= 15 is 0 Å². The average molecular weight is 344 g/mol. The van der Waals surface area contributed by atoms with E-state index in [0.29, 0.717) is 24.8 Å². The minimum absolute atomic E-state index is 0.00873. The molecule has 0 bridgehead atoms. The van der Waals surface area contributed by atoms with Crippen LogP contribution in [0.25, 0.3) is 0 Å². The van der Waals surface area contributed by atoms with Crippen LogP contribution in [0.3, 0.4) is 0 Å². The Morgan fingerprint density at radius 2 is 2.04 bits per heavy atom. The lowest BCUT2D eigenvalue weighted by atomic mass is 9.58. The van der Waals surface area contributed by atoms with Crippen molar-refractivity contribution in [3.8, 4) is 5.75 Å². The standard InChI is InChI=1S/C20H28N2O3/c1-2-21-19(23)13-25-16-8-5-6-14(10-16)12-22-20(24)18-11-15-7-3-4-9-17(15)18/h5-6,8,10,15,17-18H,2-4,7,9,11-13H2,1H3,(H,21,23)(H,22,24)/t15-,17-,18+/m0/s1. The summed E-state index contributed by atoms with van der Waals surface area (Å²) >= 11 is 0. The summed E-state index contributed by atoms with van der Waals surface area (Å²) < 4.78 is 5.49. The van der Waals surface area contributed by atoms with Crippen molar-refractivity contribution in [3.63, 3.8) is 0 Å². The third-order valence-electron chi connectivity index (χ3n) is 5.49. The number of nitrogens with one attached hydrogen (secondary N) is 2. The molecule has 2 N–H and O–H groups in total. The lowest BCUT2D eigenvalue weighted by molar-refractivity contribution is -0.135. The second-order valence-electron chi connectivity index (χ2n) is 7.16. The van der Waals surface area contributed by atoms with E-state index < -0.39 is 0 Å². The Hall–Kier alpha value is -2.04. The van der Waals surface area contributed by atoms with Crippen molar-refractivity contribution in [1.29, 1.82) is 0 Å². The number of carbonyl (C=O) groups excluding carboxylic acids is 2. The predicted octanol–water partition coefficient (Wildman–Crippen LogP) is 2.64. The molecule has 2 aliphatic rings. The number of amides is 2. The molecule has 0 saturated heterocycles. The van der Waals surface area contributed by atoms with Gasteiger partial charge in [-0.25, -0.2) is 0 Å². The second-order valence-corrected chi connectivity index (χ2v) is 7.16. The predicted molar refractivity (Wildman–Crippen MR) is 96.0 cm³/mol. The van der Waals surface area contributed by atoms with Gasteiger partial charge in [-0.05, 0) is 49.3 Å². The second kappa shape index (κ2) is 8.37. The van der Waals surface area contributed by atoms with Crippen LogP contribution in [0.5, 0.6) is 5.75 Å². The monoisotopic (exact) mass is 344 g/mol. The number of carbonyl (C=O) groups is 2. The third-order valence-corrected chi connectivity index (χ3v) is 5.49. The van der Waals surface area contributed by atoms with Gasteiger partial charge in [-0.3, -0.25) is 9.59 Å². The molecule has 1 aromatic carbocycles. The summed E-state index contributed by atoms with van der Waals surface area (Å²) in [6.07, 6.45) is 6.19. The summed E-state index contributed by atoms with van der Waals surface area (Å²) in [5.74, 6) is 2.32. The molecular formula is C20H28N2O3. The smallest absolute Gasteiger partial charge is 0.257 e. The van der Waals surface area contributed by atoms with E-state index in [-0.39, 0.29) is 24.3 Å². The Morgan fingerprint density at radius 3 is 2.84 bits per heavy atom. The molecule has 0 aromatic heterocycles. The topological polar surface area (TPSA) is 67.4 Å². The molecule has 2 fully saturated rings. The van der Waals surface area contributed by atoms with E-state index in [1.54, 1.807) is 0 Å². The van der Waals surface area contributed by atoms with E-state index in [9.17, 15) is 9.59 Å². The van der Waals surface area contributed by atoms with Gasteiger partial charge < -0.3 is 15.4 Å². The van der Waals surface area contributed by atoms with Crippen LogP contribution in [0.2, 0.25) is 0 Å². The normalized spacial score (nSPS) is 24.6. The molecule has 0 heterocycles. The molecule has 0 radical (unpaired) electrons. The molecule has 136 valence electrons. The summed E-state index contributed by atoms with van der Waals surface area (Å²) in [6.45, 7) is 2.98. The summed E-state index contributed by atoms with van der Waals surface area (Å²) in [6, 6.07) is 7.55. The van der Waals surface area contributed by atoms with Crippen molar-refractivity contribution in [3.05, 3.63) is 29.8 Å². The number of hydrogen-bond donors (Lipinski definition) is 2. The van der Waals surface area contributed by atoms with Crippen LogP contribution in [0.4, 0.5) is 0 Å². The quantitative estimate of drug-likeness (QED) is 0.799. The minimum Gasteiger partial charge on any atom is -0.484 e. The molecular weight excluding hydrogens is 316 g/mol. The van der Waals surface area contributed by atoms with Crippen LogP contribution in [-0.2, 0) is 16.1 Å². The molecule has 2 saturated carbocycles. The lowest BCUT2D eigenvalue weighted by Crippen LogP contribution is -2.47. The van der Waals surface area contributed by atoms with E-state index in [0.717, 1.165) is 17.9 Å². The van der Waals surface area contributed by atoms with E-state index in [1.807, 2.05) is 31.2 Å². The molecule has 1 aromatic rings. The van der Waals surface area contributed by atoms with Gasteiger partial charge in [0.25, 0.3) is 5.91 Å². The number of benzene rings is 1. The first-order valence-electron chi connectivity index (χ1n) is 9.43. The molecule has 0 aliphatic heterocycles. The first-order chi connectivity index (χ1) is 12.2. The average Bonchev–Trinajstić information content (AvgIpc) is 2.60. The number of ether oxygens (including phenoxy) is 1. The largest absolute Gasteiger partial charge is 0.484 e. The van der Waals surface area contributed by atoms with Gasteiger partial charge in [0.15, 0.2) is 6.61 Å². The fraction of sp³-hybridized carbons (Fsp3) is 0.600. The summed E-state index contributed by atoms with van der Waals surface area (Å²) in [5, 5.41) is 5.77. The van der Waals surface area contributed by atoms with Gasteiger partial charge in [0.05, 0.1) is 0 Å². The van der Waals surface area contributed by atoms with E-state index in [2.05, 4.69) is 10.6 Å². The fourth-order valence-corrected chi connectivity index (χ4v) is 4.13. The van der Waals surface area contributed by atoms with Gasteiger partial charge in [0.1, 0.15) is 5.75 Å². The SMILES string of the molecule is CCNC(=O)COc1cccc(CNC(=O)[C@@H]2C[C@@H]3CCCC[C@@H]32)c1. The molecule has 3 rings (SSSR count). The van der Waals surface area contributed by atoms with Gasteiger partial charge in [-0.15, -0.1) is 0 Å². The number of likely N-dealkylation sites (N-methyl/N-ethyl adjacent to an activating group) is 1. The maximum Gasteiger partial charge on any atom is 0.257 e. The maximum absolute atomic E-state index is 12.4. The molecule has 25 heavy (non-hydrogen) atoms. The first kappa shape index (κ1) is 17.8. The number of fused-ring (bicyclic) bond motifs is 1. The highest BCUT2D eigenvalue weighted by Gasteiger charge is 2.45. The van der Waals surface area contributed by atoms with Crippen LogP contribution < -0.4 is 15.4 Å². The van der Waals surface area contributed by atoms with E-state index in [1.165, 1.54) is 25.7 Å². The minimum atomic E-state index is -0.131. The molecule has 5 nitrogen and oxygen atoms in total. The molecule has 2 aliphatic carbocycles. The zero-order valence-corrected chi connectivity index (χ0v) is 14.9. The first-order valence-corrected chi connectivity index (χ1v) is 9.43.